The molecule has 0 atom stereocenters. The fourth-order valence-electron chi connectivity index (χ4n) is 2.44. The minimum Gasteiger partial charge on any atom is -0.497 e. The van der Waals surface area contributed by atoms with Crippen LogP contribution >= 0.6 is 0 Å². The maximum Gasteiger partial charge on any atom is 0.239 e. The standard InChI is InChI=1S/C21H27N3O3/c1-15(2)12-20(25)24-18-8-6-17(7-9-18)22-14-21(26)23-13-16-4-10-19(27-3)11-5-16/h4-11,15,22H,12-14H2,1-3H3,(H,23,26)(H,24,25). The lowest BCUT2D eigenvalue weighted by atomic mass is 10.1. The molecule has 6 nitrogen and oxygen atoms in total. The minimum absolute atomic E-state index is 0.00335. The molecule has 0 aliphatic carbocycles. The van der Waals surface area contributed by atoms with Gasteiger partial charge in [-0.05, 0) is 47.9 Å². The van der Waals surface area contributed by atoms with E-state index in [1.807, 2.05) is 62.4 Å². The fourth-order valence-corrected chi connectivity index (χ4v) is 2.44. The van der Waals surface area contributed by atoms with E-state index in [4.69, 9.17) is 4.74 Å². The van der Waals surface area contributed by atoms with Gasteiger partial charge in [-0.1, -0.05) is 26.0 Å². The van der Waals surface area contributed by atoms with Crippen molar-refractivity contribution < 1.29 is 14.3 Å². The summed E-state index contributed by atoms with van der Waals surface area (Å²) >= 11 is 0. The Morgan fingerprint density at radius 1 is 0.926 bits per heavy atom. The molecule has 0 bridgehead atoms. The molecule has 0 heterocycles. The molecule has 27 heavy (non-hydrogen) atoms. The summed E-state index contributed by atoms with van der Waals surface area (Å²) in [5.41, 5.74) is 2.57. The summed E-state index contributed by atoms with van der Waals surface area (Å²) in [4.78, 5) is 23.7. The van der Waals surface area contributed by atoms with Crippen molar-refractivity contribution in [1.82, 2.24) is 5.32 Å². The van der Waals surface area contributed by atoms with E-state index in [-0.39, 0.29) is 18.4 Å². The van der Waals surface area contributed by atoms with Gasteiger partial charge in [-0.25, -0.2) is 0 Å². The molecule has 2 rings (SSSR count). The van der Waals surface area contributed by atoms with Crippen LogP contribution in [0.25, 0.3) is 0 Å². The zero-order valence-electron chi connectivity index (χ0n) is 16.0. The first kappa shape index (κ1) is 20.3. The molecule has 3 N–H and O–H groups in total. The van der Waals surface area contributed by atoms with Crippen LogP contribution in [0.3, 0.4) is 0 Å². The number of ether oxygens (including phenoxy) is 1. The van der Waals surface area contributed by atoms with Crippen molar-refractivity contribution in [3.05, 3.63) is 54.1 Å². The maximum absolute atomic E-state index is 12.0. The summed E-state index contributed by atoms with van der Waals surface area (Å²) in [5.74, 6) is 1.02. The largest absolute Gasteiger partial charge is 0.497 e. The van der Waals surface area contributed by atoms with Crippen molar-refractivity contribution in [3.8, 4) is 5.75 Å². The molecular formula is C21H27N3O3. The van der Waals surface area contributed by atoms with Crippen molar-refractivity contribution in [2.75, 3.05) is 24.3 Å². The lowest BCUT2D eigenvalue weighted by molar-refractivity contribution is -0.119. The van der Waals surface area contributed by atoms with Gasteiger partial charge in [-0.2, -0.15) is 0 Å². The molecule has 0 saturated heterocycles. The number of anilines is 2. The molecule has 0 fully saturated rings. The summed E-state index contributed by atoms with van der Waals surface area (Å²) in [6, 6.07) is 14.9. The maximum atomic E-state index is 12.0. The Morgan fingerprint density at radius 2 is 1.56 bits per heavy atom. The molecule has 0 aliphatic heterocycles. The van der Waals surface area contributed by atoms with Crippen LogP contribution in [0, 0.1) is 5.92 Å². The highest BCUT2D eigenvalue weighted by molar-refractivity contribution is 5.91. The third-order valence-corrected chi connectivity index (χ3v) is 3.86. The number of rotatable bonds is 9. The molecule has 2 aromatic carbocycles. The number of hydrogen-bond donors (Lipinski definition) is 3. The van der Waals surface area contributed by atoms with Gasteiger partial charge < -0.3 is 20.7 Å². The second kappa shape index (κ2) is 10.2. The Bertz CT molecular complexity index is 740. The van der Waals surface area contributed by atoms with Gasteiger partial charge in [-0.15, -0.1) is 0 Å². The van der Waals surface area contributed by atoms with Gasteiger partial charge in [0.05, 0.1) is 13.7 Å². The van der Waals surface area contributed by atoms with Crippen LogP contribution in [-0.2, 0) is 16.1 Å². The van der Waals surface area contributed by atoms with Gasteiger partial charge in [-0.3, -0.25) is 9.59 Å². The van der Waals surface area contributed by atoms with Crippen molar-refractivity contribution in [1.29, 1.82) is 0 Å². The van der Waals surface area contributed by atoms with Gasteiger partial charge in [0.25, 0.3) is 0 Å². The van der Waals surface area contributed by atoms with Crippen LogP contribution in [-0.4, -0.2) is 25.5 Å². The Balaban J connectivity index is 1.73. The Labute approximate surface area is 160 Å². The lowest BCUT2D eigenvalue weighted by Gasteiger charge is -2.10. The van der Waals surface area contributed by atoms with E-state index in [0.717, 1.165) is 22.7 Å². The second-order valence-corrected chi connectivity index (χ2v) is 6.70. The van der Waals surface area contributed by atoms with Gasteiger partial charge >= 0.3 is 0 Å². The van der Waals surface area contributed by atoms with Crippen molar-refractivity contribution >= 4 is 23.2 Å². The van der Waals surface area contributed by atoms with E-state index in [2.05, 4.69) is 16.0 Å². The van der Waals surface area contributed by atoms with Crippen LogP contribution in [0.1, 0.15) is 25.8 Å². The normalized spacial score (nSPS) is 10.4. The highest BCUT2D eigenvalue weighted by Crippen LogP contribution is 2.14. The number of amides is 2. The average Bonchev–Trinajstić information content (AvgIpc) is 2.65. The molecule has 6 heteroatoms. The zero-order chi connectivity index (χ0) is 19.6. The minimum atomic E-state index is -0.0971. The number of hydrogen-bond acceptors (Lipinski definition) is 4. The number of benzene rings is 2. The quantitative estimate of drug-likeness (QED) is 0.633. The predicted molar refractivity (Wildman–Crippen MR) is 108 cm³/mol. The average molecular weight is 369 g/mol. The van der Waals surface area contributed by atoms with Crippen LogP contribution in [0.15, 0.2) is 48.5 Å². The third kappa shape index (κ3) is 7.40. The molecule has 0 radical (unpaired) electrons. The van der Waals surface area contributed by atoms with E-state index in [1.54, 1.807) is 7.11 Å². The van der Waals surface area contributed by atoms with Crippen LogP contribution < -0.4 is 20.7 Å². The van der Waals surface area contributed by atoms with Crippen molar-refractivity contribution in [2.24, 2.45) is 5.92 Å². The molecule has 2 amide bonds. The highest BCUT2D eigenvalue weighted by atomic mass is 16.5. The molecular weight excluding hydrogens is 342 g/mol. The summed E-state index contributed by atoms with van der Waals surface area (Å²) < 4.78 is 5.11. The number of methoxy groups -OCH3 is 1. The molecule has 0 aromatic heterocycles. The number of carbonyl (C=O) groups is 2. The topological polar surface area (TPSA) is 79.5 Å². The Hall–Kier alpha value is -3.02. The van der Waals surface area contributed by atoms with Gasteiger partial charge in [0.15, 0.2) is 0 Å². The van der Waals surface area contributed by atoms with E-state index < -0.39 is 0 Å². The first-order chi connectivity index (χ1) is 13.0. The highest BCUT2D eigenvalue weighted by Gasteiger charge is 2.06. The zero-order valence-corrected chi connectivity index (χ0v) is 16.0. The van der Waals surface area contributed by atoms with E-state index in [1.165, 1.54) is 0 Å². The van der Waals surface area contributed by atoms with Crippen molar-refractivity contribution in [3.63, 3.8) is 0 Å². The summed E-state index contributed by atoms with van der Waals surface area (Å²) in [6.45, 7) is 4.65. The van der Waals surface area contributed by atoms with Crippen LogP contribution in [0.4, 0.5) is 11.4 Å². The number of nitrogens with one attached hydrogen (secondary N) is 3. The SMILES string of the molecule is COc1ccc(CNC(=O)CNc2ccc(NC(=O)CC(C)C)cc2)cc1. The van der Waals surface area contributed by atoms with Gasteiger partial charge in [0.2, 0.25) is 11.8 Å². The Kier molecular flexibility index (Phi) is 7.67. The number of carbonyl (C=O) groups excluding carboxylic acids is 2. The molecule has 0 saturated carbocycles. The summed E-state index contributed by atoms with van der Waals surface area (Å²) in [5, 5.41) is 8.79. The first-order valence-electron chi connectivity index (χ1n) is 8.99. The predicted octanol–water partition coefficient (Wildman–Crippen LogP) is 3.41. The molecule has 144 valence electrons. The smallest absolute Gasteiger partial charge is 0.239 e. The van der Waals surface area contributed by atoms with Gasteiger partial charge in [0, 0.05) is 24.3 Å². The van der Waals surface area contributed by atoms with Crippen molar-refractivity contribution in [2.45, 2.75) is 26.8 Å². The van der Waals surface area contributed by atoms with E-state index in [9.17, 15) is 9.59 Å². The second-order valence-electron chi connectivity index (χ2n) is 6.70. The summed E-state index contributed by atoms with van der Waals surface area (Å²) in [6.07, 6.45) is 0.494. The molecule has 0 spiro atoms. The lowest BCUT2D eigenvalue weighted by Crippen LogP contribution is -2.29. The first-order valence-corrected chi connectivity index (χ1v) is 8.99. The van der Waals surface area contributed by atoms with Crippen LogP contribution in [0.2, 0.25) is 0 Å². The van der Waals surface area contributed by atoms with E-state index >= 15 is 0 Å². The van der Waals surface area contributed by atoms with E-state index in [0.29, 0.717) is 18.9 Å². The Morgan fingerprint density at radius 3 is 2.15 bits per heavy atom. The third-order valence-electron chi connectivity index (χ3n) is 3.86. The molecule has 2 aromatic rings. The summed E-state index contributed by atoms with van der Waals surface area (Å²) in [7, 11) is 1.62. The molecule has 0 unspecified atom stereocenters. The molecule has 0 aliphatic rings. The van der Waals surface area contributed by atoms with Crippen LogP contribution in [0.5, 0.6) is 5.75 Å². The van der Waals surface area contributed by atoms with Gasteiger partial charge in [0.1, 0.15) is 5.75 Å². The fraction of sp³-hybridized carbons (Fsp3) is 0.333. The monoisotopic (exact) mass is 369 g/mol.